The van der Waals surface area contributed by atoms with Crippen LogP contribution in [-0.4, -0.2) is 24.0 Å². The van der Waals surface area contributed by atoms with E-state index in [0.29, 0.717) is 0 Å². The molecule has 1 fully saturated rings. The first kappa shape index (κ1) is 10.8. The first-order valence-corrected chi connectivity index (χ1v) is 7.63. The Morgan fingerprint density at radius 1 is 0.833 bits per heavy atom. The Kier molecular flexibility index (Phi) is 5.57. The van der Waals surface area contributed by atoms with Gasteiger partial charge in [0.25, 0.3) is 0 Å². The highest BCUT2D eigenvalue weighted by atomic mass is 32.2. The van der Waals surface area contributed by atoms with Crippen molar-refractivity contribution in [3.05, 3.63) is 0 Å². The van der Waals surface area contributed by atoms with E-state index in [1.807, 2.05) is 23.5 Å². The van der Waals surface area contributed by atoms with Crippen molar-refractivity contribution >= 4 is 23.5 Å². The lowest BCUT2D eigenvalue weighted by Gasteiger charge is -2.27. The lowest BCUT2D eigenvalue weighted by atomic mass is 9.84. The second-order valence-electron chi connectivity index (χ2n) is 3.80. The van der Waals surface area contributed by atoms with Crippen LogP contribution in [0.1, 0.15) is 25.7 Å². The molecule has 0 heterocycles. The van der Waals surface area contributed by atoms with E-state index in [4.69, 9.17) is 0 Å². The van der Waals surface area contributed by atoms with Crippen molar-refractivity contribution in [2.75, 3.05) is 24.0 Å². The van der Waals surface area contributed by atoms with Crippen LogP contribution < -0.4 is 0 Å². The monoisotopic (exact) mass is 204 g/mol. The third kappa shape index (κ3) is 3.61. The van der Waals surface area contributed by atoms with Gasteiger partial charge >= 0.3 is 0 Å². The molecule has 1 saturated carbocycles. The summed E-state index contributed by atoms with van der Waals surface area (Å²) < 4.78 is 0. The maximum Gasteiger partial charge on any atom is -0.00419 e. The summed E-state index contributed by atoms with van der Waals surface area (Å²) in [6.07, 6.45) is 10.4. The van der Waals surface area contributed by atoms with E-state index in [0.717, 1.165) is 11.8 Å². The molecule has 0 aliphatic heterocycles. The van der Waals surface area contributed by atoms with Gasteiger partial charge < -0.3 is 0 Å². The first-order chi connectivity index (χ1) is 5.86. The largest absolute Gasteiger partial charge is 0.165 e. The van der Waals surface area contributed by atoms with Crippen molar-refractivity contribution in [2.45, 2.75) is 25.7 Å². The van der Waals surface area contributed by atoms with Gasteiger partial charge in [-0.1, -0.05) is 0 Å². The maximum absolute atomic E-state index is 2.23. The molecular formula is C10H20S2. The van der Waals surface area contributed by atoms with Crippen LogP contribution in [0, 0.1) is 11.8 Å². The summed E-state index contributed by atoms with van der Waals surface area (Å²) in [6, 6.07) is 0. The number of thioether (sulfide) groups is 2. The van der Waals surface area contributed by atoms with Gasteiger partial charge in [-0.3, -0.25) is 0 Å². The quantitative estimate of drug-likeness (QED) is 0.687. The van der Waals surface area contributed by atoms with Gasteiger partial charge in [-0.2, -0.15) is 23.5 Å². The van der Waals surface area contributed by atoms with Crippen molar-refractivity contribution in [3.63, 3.8) is 0 Å². The Hall–Kier alpha value is 0.700. The Morgan fingerprint density at radius 3 is 1.42 bits per heavy atom. The maximum atomic E-state index is 2.23. The molecule has 1 aliphatic rings. The van der Waals surface area contributed by atoms with E-state index in [2.05, 4.69) is 12.5 Å². The normalized spacial score (nSPS) is 30.5. The van der Waals surface area contributed by atoms with Crippen molar-refractivity contribution in [1.82, 2.24) is 0 Å². The molecule has 0 N–H and O–H groups in total. The van der Waals surface area contributed by atoms with E-state index < -0.39 is 0 Å². The van der Waals surface area contributed by atoms with Gasteiger partial charge in [0.2, 0.25) is 0 Å². The Morgan fingerprint density at radius 2 is 1.17 bits per heavy atom. The highest BCUT2D eigenvalue weighted by Crippen LogP contribution is 2.31. The van der Waals surface area contributed by atoms with Crippen LogP contribution in [0.15, 0.2) is 0 Å². The molecule has 0 bridgehead atoms. The zero-order chi connectivity index (χ0) is 8.81. The van der Waals surface area contributed by atoms with Crippen LogP contribution in [0.4, 0.5) is 0 Å². The second-order valence-corrected chi connectivity index (χ2v) is 5.62. The SMILES string of the molecule is CSCC1CCC(CSC)CC1. The molecule has 1 aliphatic carbocycles. The molecule has 72 valence electrons. The zero-order valence-electron chi connectivity index (χ0n) is 8.21. The summed E-state index contributed by atoms with van der Waals surface area (Å²) in [7, 11) is 0. The summed E-state index contributed by atoms with van der Waals surface area (Å²) in [6.45, 7) is 0. The minimum Gasteiger partial charge on any atom is -0.165 e. The highest BCUT2D eigenvalue weighted by Gasteiger charge is 2.19. The average Bonchev–Trinajstić information content (AvgIpc) is 2.09. The third-order valence-corrected chi connectivity index (χ3v) is 4.38. The van der Waals surface area contributed by atoms with Gasteiger partial charge in [0.05, 0.1) is 0 Å². The minimum absolute atomic E-state index is 1.04. The summed E-state index contributed by atoms with van der Waals surface area (Å²) in [5.41, 5.74) is 0. The fraction of sp³-hybridized carbons (Fsp3) is 1.00. The minimum atomic E-state index is 1.04. The van der Waals surface area contributed by atoms with Crippen LogP contribution in [-0.2, 0) is 0 Å². The van der Waals surface area contributed by atoms with Crippen LogP contribution >= 0.6 is 23.5 Å². The Bertz CT molecular complexity index is 92.4. The smallest absolute Gasteiger partial charge is 0.00419 e. The van der Waals surface area contributed by atoms with E-state index in [-0.39, 0.29) is 0 Å². The fourth-order valence-electron chi connectivity index (χ4n) is 2.04. The van der Waals surface area contributed by atoms with Crippen LogP contribution in [0.5, 0.6) is 0 Å². The molecule has 1 rings (SSSR count). The molecule has 12 heavy (non-hydrogen) atoms. The summed E-state index contributed by atoms with van der Waals surface area (Å²) >= 11 is 4.04. The molecule has 0 spiro atoms. The topological polar surface area (TPSA) is 0 Å². The van der Waals surface area contributed by atoms with Gasteiger partial charge in [-0.25, -0.2) is 0 Å². The van der Waals surface area contributed by atoms with E-state index in [1.165, 1.54) is 37.2 Å². The summed E-state index contributed by atoms with van der Waals surface area (Å²) in [4.78, 5) is 0. The van der Waals surface area contributed by atoms with Gasteiger partial charge in [-0.05, 0) is 61.5 Å². The molecule has 0 aromatic rings. The molecule has 0 aromatic carbocycles. The molecule has 0 radical (unpaired) electrons. The molecule has 0 saturated heterocycles. The average molecular weight is 204 g/mol. The van der Waals surface area contributed by atoms with Crippen LogP contribution in [0.2, 0.25) is 0 Å². The summed E-state index contributed by atoms with van der Waals surface area (Å²) in [5, 5.41) is 0. The highest BCUT2D eigenvalue weighted by molar-refractivity contribution is 7.98. The Labute approximate surface area is 85.3 Å². The molecule has 2 heteroatoms. The van der Waals surface area contributed by atoms with Crippen molar-refractivity contribution in [3.8, 4) is 0 Å². The molecule has 0 unspecified atom stereocenters. The molecule has 0 nitrogen and oxygen atoms in total. The zero-order valence-corrected chi connectivity index (χ0v) is 9.85. The van der Waals surface area contributed by atoms with E-state index in [9.17, 15) is 0 Å². The first-order valence-electron chi connectivity index (χ1n) is 4.84. The van der Waals surface area contributed by atoms with Gasteiger partial charge in [-0.15, -0.1) is 0 Å². The lowest BCUT2D eigenvalue weighted by molar-refractivity contribution is 0.316. The predicted molar refractivity (Wildman–Crippen MR) is 62.2 cm³/mol. The van der Waals surface area contributed by atoms with Crippen molar-refractivity contribution in [2.24, 2.45) is 11.8 Å². The molecule has 0 aromatic heterocycles. The molecule has 0 atom stereocenters. The molecular weight excluding hydrogens is 184 g/mol. The predicted octanol–water partition coefficient (Wildman–Crippen LogP) is 3.52. The summed E-state index contributed by atoms with van der Waals surface area (Å²) in [5.74, 6) is 4.87. The number of hydrogen-bond donors (Lipinski definition) is 0. The standard InChI is InChI=1S/C10H20S2/c1-11-7-9-3-5-10(6-4-9)8-12-2/h9-10H,3-8H2,1-2H3. The fourth-order valence-corrected chi connectivity index (χ4v) is 3.65. The lowest BCUT2D eigenvalue weighted by Crippen LogP contribution is -2.17. The second kappa shape index (κ2) is 6.20. The number of rotatable bonds is 4. The van der Waals surface area contributed by atoms with Crippen LogP contribution in [0.25, 0.3) is 0 Å². The van der Waals surface area contributed by atoms with Crippen LogP contribution in [0.3, 0.4) is 0 Å². The van der Waals surface area contributed by atoms with Gasteiger partial charge in [0, 0.05) is 0 Å². The third-order valence-electron chi connectivity index (χ3n) is 2.77. The van der Waals surface area contributed by atoms with Gasteiger partial charge in [0.15, 0.2) is 0 Å². The molecule has 0 amide bonds. The number of hydrogen-bond acceptors (Lipinski definition) is 2. The Balaban J connectivity index is 2.11. The van der Waals surface area contributed by atoms with Gasteiger partial charge in [0.1, 0.15) is 0 Å². The van der Waals surface area contributed by atoms with Crippen molar-refractivity contribution in [1.29, 1.82) is 0 Å². The van der Waals surface area contributed by atoms with E-state index >= 15 is 0 Å². The van der Waals surface area contributed by atoms with Crippen molar-refractivity contribution < 1.29 is 0 Å². The van der Waals surface area contributed by atoms with E-state index in [1.54, 1.807) is 0 Å².